The van der Waals surface area contributed by atoms with Gasteiger partial charge >= 0.3 is 5.97 Å². The predicted octanol–water partition coefficient (Wildman–Crippen LogP) is 17.4. The molecule has 3 unspecified atom stereocenters. The largest absolute Gasteiger partial charge is 0.462 e. The van der Waals surface area contributed by atoms with E-state index in [1.54, 1.807) is 0 Å². The van der Waals surface area contributed by atoms with Crippen LogP contribution in [0, 0.1) is 0 Å². The molecule has 65 heavy (non-hydrogen) atoms. The van der Waals surface area contributed by atoms with Gasteiger partial charge in [-0.3, -0.25) is 9.59 Å². The summed E-state index contributed by atoms with van der Waals surface area (Å²) in [4.78, 5) is 26.2. The highest BCUT2D eigenvalue weighted by molar-refractivity contribution is 5.77. The van der Waals surface area contributed by atoms with Crippen LogP contribution in [0.2, 0.25) is 0 Å². The third-order valence-electron chi connectivity index (χ3n) is 13.0. The summed E-state index contributed by atoms with van der Waals surface area (Å²) in [6.07, 6.45) is 64.7. The van der Waals surface area contributed by atoms with Crippen LogP contribution in [-0.4, -0.2) is 46.9 Å². The van der Waals surface area contributed by atoms with Gasteiger partial charge in [-0.25, -0.2) is 0 Å². The Labute approximate surface area is 404 Å². The van der Waals surface area contributed by atoms with Gasteiger partial charge in [-0.2, -0.15) is 0 Å². The first-order chi connectivity index (χ1) is 32.0. The summed E-state index contributed by atoms with van der Waals surface area (Å²) in [6, 6.07) is -0.714. The minimum absolute atomic E-state index is 0.0543. The molecule has 0 heterocycles. The third-order valence-corrected chi connectivity index (χ3v) is 13.0. The summed E-state index contributed by atoms with van der Waals surface area (Å²) in [5, 5.41) is 23.8. The second kappa shape index (κ2) is 52.8. The number of unbranched alkanes of at least 4 members (excludes halogenated alkanes) is 34. The Kier molecular flexibility index (Phi) is 51.0. The molecule has 6 nitrogen and oxygen atoms in total. The molecule has 0 saturated carbocycles. The van der Waals surface area contributed by atoms with Gasteiger partial charge in [0.15, 0.2) is 0 Å². The van der Waals surface area contributed by atoms with Gasteiger partial charge in [-0.15, -0.1) is 0 Å². The van der Waals surface area contributed by atoms with Crippen molar-refractivity contribution in [2.24, 2.45) is 0 Å². The number of hydrogen-bond acceptors (Lipinski definition) is 5. The predicted molar refractivity (Wildman–Crippen MR) is 282 cm³/mol. The van der Waals surface area contributed by atoms with Gasteiger partial charge in [0, 0.05) is 6.42 Å². The van der Waals surface area contributed by atoms with Crippen molar-refractivity contribution in [3.8, 4) is 0 Å². The second-order valence-electron chi connectivity index (χ2n) is 19.4. The number of ether oxygens (including phenoxy) is 1. The maximum absolute atomic E-state index is 13.2. The van der Waals surface area contributed by atoms with Crippen LogP contribution < -0.4 is 5.32 Å². The third kappa shape index (κ3) is 48.1. The van der Waals surface area contributed by atoms with Gasteiger partial charge in [-0.05, 0) is 44.9 Å². The molecule has 0 aliphatic carbocycles. The highest BCUT2D eigenvalue weighted by atomic mass is 16.5. The van der Waals surface area contributed by atoms with E-state index in [0.717, 1.165) is 70.6 Å². The lowest BCUT2D eigenvalue weighted by Crippen LogP contribution is -2.46. The minimum atomic E-state index is -0.798. The van der Waals surface area contributed by atoms with Crippen molar-refractivity contribution in [2.45, 2.75) is 309 Å². The maximum atomic E-state index is 13.2. The molecule has 0 fully saturated rings. The number of amides is 1. The van der Waals surface area contributed by atoms with E-state index in [4.69, 9.17) is 4.74 Å². The van der Waals surface area contributed by atoms with Crippen molar-refractivity contribution in [1.29, 1.82) is 0 Å². The summed E-state index contributed by atoms with van der Waals surface area (Å²) in [5.74, 6) is -0.500. The van der Waals surface area contributed by atoms with Crippen LogP contribution in [0.25, 0.3) is 0 Å². The summed E-state index contributed by atoms with van der Waals surface area (Å²) < 4.78 is 5.94. The lowest BCUT2D eigenvalue weighted by molar-refractivity contribution is -0.151. The van der Waals surface area contributed by atoms with E-state index < -0.39 is 18.2 Å². The van der Waals surface area contributed by atoms with E-state index in [1.807, 2.05) is 24.3 Å². The zero-order chi connectivity index (χ0) is 47.4. The number of rotatable bonds is 51. The van der Waals surface area contributed by atoms with E-state index in [1.165, 1.54) is 173 Å². The number of esters is 1. The Balaban J connectivity index is 4.53. The molecule has 1 amide bonds. The van der Waals surface area contributed by atoms with E-state index >= 15 is 0 Å². The Morgan fingerprint density at radius 1 is 0.462 bits per heavy atom. The standard InChI is InChI=1S/C59H109NO5/c1-4-7-10-13-16-19-22-25-27-28-29-31-34-37-40-43-46-49-52-59(64)65-55(50-47-44-41-38-35-32-24-21-18-15-12-9-6-3)53-58(63)60-56(54-61)57(62)51-48-45-42-39-36-33-30-26-23-20-17-14-11-8-5-2/h9,12,15,18,21,24,32,35,55-57,61-62H,4-8,10-11,13-14,16-17,19-20,22-23,25-31,33-34,36-54H2,1-3H3,(H,60,63)/b12-9+,18-15+,24-21+,35-32-. The van der Waals surface area contributed by atoms with Crippen molar-refractivity contribution < 1.29 is 24.5 Å². The van der Waals surface area contributed by atoms with Crippen LogP contribution in [0.15, 0.2) is 48.6 Å². The number of aliphatic hydroxyl groups excluding tert-OH is 2. The first kappa shape index (κ1) is 62.8. The molecule has 3 N–H and O–H groups in total. The van der Waals surface area contributed by atoms with Crippen LogP contribution in [0.4, 0.5) is 0 Å². The Hall–Kier alpha value is -2.18. The van der Waals surface area contributed by atoms with Crippen LogP contribution in [0.5, 0.6) is 0 Å². The number of allylic oxidation sites excluding steroid dienone is 8. The maximum Gasteiger partial charge on any atom is 0.306 e. The average molecular weight is 913 g/mol. The van der Waals surface area contributed by atoms with Gasteiger partial charge in [0.2, 0.25) is 5.91 Å². The van der Waals surface area contributed by atoms with Crippen LogP contribution in [0.1, 0.15) is 290 Å². The molecule has 0 saturated heterocycles. The molecule has 6 heteroatoms. The zero-order valence-corrected chi connectivity index (χ0v) is 43.4. The SMILES string of the molecule is CC/C=C/C=C/C=C/C=C\CCCCCC(CC(=O)NC(CO)C(O)CCCCCCCCCCCCCCCCC)OC(=O)CCCCCCCCCCCCCCCCCCCC. The van der Waals surface area contributed by atoms with Crippen molar-refractivity contribution >= 4 is 11.9 Å². The van der Waals surface area contributed by atoms with Crippen molar-refractivity contribution in [3.05, 3.63) is 48.6 Å². The number of carbonyl (C=O) groups is 2. The molecular weight excluding hydrogens is 803 g/mol. The molecule has 0 aromatic heterocycles. The zero-order valence-electron chi connectivity index (χ0n) is 43.4. The van der Waals surface area contributed by atoms with Gasteiger partial charge in [0.05, 0.1) is 25.2 Å². The lowest BCUT2D eigenvalue weighted by atomic mass is 10.0. The fourth-order valence-corrected chi connectivity index (χ4v) is 8.74. The molecule has 3 atom stereocenters. The first-order valence-electron chi connectivity index (χ1n) is 28.4. The smallest absolute Gasteiger partial charge is 0.306 e. The van der Waals surface area contributed by atoms with Gasteiger partial charge in [0.25, 0.3) is 0 Å². The molecule has 0 aromatic rings. The molecule has 0 radical (unpaired) electrons. The number of hydrogen-bond donors (Lipinski definition) is 3. The van der Waals surface area contributed by atoms with Gasteiger partial charge < -0.3 is 20.3 Å². The summed E-state index contributed by atoms with van der Waals surface area (Å²) in [5.41, 5.74) is 0. The van der Waals surface area contributed by atoms with E-state index in [2.05, 4.69) is 50.4 Å². The molecule has 0 aliphatic heterocycles. The Bertz CT molecular complexity index is 1110. The molecule has 380 valence electrons. The quantitative estimate of drug-likeness (QED) is 0.0321. The molecule has 0 rings (SSSR count). The summed E-state index contributed by atoms with van der Waals surface area (Å²) in [6.45, 7) is 6.37. The van der Waals surface area contributed by atoms with E-state index in [-0.39, 0.29) is 24.9 Å². The average Bonchev–Trinajstić information content (AvgIpc) is 3.30. The van der Waals surface area contributed by atoms with Gasteiger partial charge in [0.1, 0.15) is 6.10 Å². The molecule has 0 aromatic carbocycles. The number of nitrogens with one attached hydrogen (secondary N) is 1. The normalized spacial score (nSPS) is 13.5. The Morgan fingerprint density at radius 2 is 0.831 bits per heavy atom. The first-order valence-corrected chi connectivity index (χ1v) is 28.4. The molecule has 0 spiro atoms. The van der Waals surface area contributed by atoms with Gasteiger partial charge in [-0.1, -0.05) is 281 Å². The Morgan fingerprint density at radius 3 is 1.26 bits per heavy atom. The monoisotopic (exact) mass is 912 g/mol. The molecule has 0 aliphatic rings. The summed E-state index contributed by atoms with van der Waals surface area (Å²) in [7, 11) is 0. The molecule has 0 bridgehead atoms. The number of aliphatic hydroxyl groups is 2. The second-order valence-corrected chi connectivity index (χ2v) is 19.4. The molecular formula is C59H109NO5. The minimum Gasteiger partial charge on any atom is -0.462 e. The highest BCUT2D eigenvalue weighted by Gasteiger charge is 2.24. The van der Waals surface area contributed by atoms with E-state index in [0.29, 0.717) is 19.3 Å². The topological polar surface area (TPSA) is 95.9 Å². The number of carbonyl (C=O) groups excluding carboxylic acids is 2. The fraction of sp³-hybridized carbons (Fsp3) is 0.831. The van der Waals surface area contributed by atoms with Crippen molar-refractivity contribution in [3.63, 3.8) is 0 Å². The lowest BCUT2D eigenvalue weighted by Gasteiger charge is -2.24. The van der Waals surface area contributed by atoms with Crippen LogP contribution >= 0.6 is 0 Å². The summed E-state index contributed by atoms with van der Waals surface area (Å²) >= 11 is 0. The highest BCUT2D eigenvalue weighted by Crippen LogP contribution is 2.18. The van der Waals surface area contributed by atoms with Crippen molar-refractivity contribution in [2.75, 3.05) is 6.61 Å². The van der Waals surface area contributed by atoms with Crippen LogP contribution in [-0.2, 0) is 14.3 Å². The van der Waals surface area contributed by atoms with Crippen LogP contribution in [0.3, 0.4) is 0 Å². The van der Waals surface area contributed by atoms with E-state index in [9.17, 15) is 19.8 Å². The fourth-order valence-electron chi connectivity index (χ4n) is 8.74. The van der Waals surface area contributed by atoms with Crippen molar-refractivity contribution in [1.82, 2.24) is 5.32 Å².